The monoisotopic (exact) mass is 185 g/mol. The molecule has 0 aromatic heterocycles. The summed E-state index contributed by atoms with van der Waals surface area (Å²) < 4.78 is 5.08. The fourth-order valence-corrected chi connectivity index (χ4v) is 1.17. The number of ether oxygens (including phenoxy) is 1. The lowest BCUT2D eigenvalue weighted by molar-refractivity contribution is -0.131. The van der Waals surface area contributed by atoms with Gasteiger partial charge in [-0.1, -0.05) is 13.0 Å². The second-order valence-electron chi connectivity index (χ2n) is 3.67. The van der Waals surface area contributed by atoms with Crippen molar-refractivity contribution in [3.8, 4) is 0 Å². The van der Waals surface area contributed by atoms with Gasteiger partial charge < -0.3 is 15.2 Å². The Kier molecular flexibility index (Phi) is 3.45. The average molecular weight is 185 g/mol. The first kappa shape index (κ1) is 10.2. The van der Waals surface area contributed by atoms with Crippen LogP contribution in [0.25, 0.3) is 0 Å². The minimum Gasteiger partial charge on any atom is -0.478 e. The highest BCUT2D eigenvalue weighted by Crippen LogP contribution is 2.24. The van der Waals surface area contributed by atoms with Crippen molar-refractivity contribution in [2.45, 2.75) is 6.92 Å². The van der Waals surface area contributed by atoms with E-state index in [4.69, 9.17) is 9.84 Å². The van der Waals surface area contributed by atoms with Crippen molar-refractivity contribution in [2.24, 2.45) is 5.41 Å². The van der Waals surface area contributed by atoms with E-state index in [1.54, 1.807) is 6.08 Å². The van der Waals surface area contributed by atoms with Crippen molar-refractivity contribution in [1.82, 2.24) is 5.32 Å². The third kappa shape index (κ3) is 3.57. The zero-order valence-corrected chi connectivity index (χ0v) is 7.75. The van der Waals surface area contributed by atoms with Crippen LogP contribution in [0.3, 0.4) is 0 Å². The fraction of sp³-hybridized carbons (Fsp3) is 0.667. The van der Waals surface area contributed by atoms with Crippen molar-refractivity contribution >= 4 is 5.97 Å². The minimum absolute atomic E-state index is 0.247. The maximum atomic E-state index is 10.1. The summed E-state index contributed by atoms with van der Waals surface area (Å²) in [6.45, 7) is 5.20. The average Bonchev–Trinajstić information content (AvgIpc) is 2.00. The lowest BCUT2D eigenvalue weighted by Gasteiger charge is -2.38. The van der Waals surface area contributed by atoms with Crippen LogP contribution in [0.1, 0.15) is 6.92 Å². The van der Waals surface area contributed by atoms with Gasteiger partial charge in [0.05, 0.1) is 13.2 Å². The van der Waals surface area contributed by atoms with Gasteiger partial charge in [-0.2, -0.15) is 0 Å². The first-order valence-corrected chi connectivity index (χ1v) is 4.30. The predicted molar refractivity (Wildman–Crippen MR) is 48.6 cm³/mol. The van der Waals surface area contributed by atoms with Crippen LogP contribution in [0.5, 0.6) is 0 Å². The third-order valence-electron chi connectivity index (χ3n) is 1.98. The highest BCUT2D eigenvalue weighted by molar-refractivity contribution is 5.79. The summed E-state index contributed by atoms with van der Waals surface area (Å²) in [4.78, 5) is 10.1. The number of carboxylic acid groups (broad SMARTS) is 1. The van der Waals surface area contributed by atoms with Gasteiger partial charge in [-0.25, -0.2) is 4.79 Å². The van der Waals surface area contributed by atoms with E-state index in [9.17, 15) is 4.79 Å². The third-order valence-corrected chi connectivity index (χ3v) is 1.98. The van der Waals surface area contributed by atoms with Crippen LogP contribution in [-0.4, -0.2) is 37.4 Å². The molecular formula is C9H15NO3. The Hall–Kier alpha value is -0.870. The van der Waals surface area contributed by atoms with Crippen molar-refractivity contribution in [3.05, 3.63) is 12.2 Å². The minimum atomic E-state index is -0.903. The number of carboxylic acids is 1. The Labute approximate surface area is 77.6 Å². The number of aliphatic carboxylic acids is 1. The van der Waals surface area contributed by atoms with Gasteiger partial charge >= 0.3 is 5.97 Å². The summed E-state index contributed by atoms with van der Waals surface area (Å²) in [5.74, 6) is -0.903. The molecule has 13 heavy (non-hydrogen) atoms. The van der Waals surface area contributed by atoms with Gasteiger partial charge in [-0.3, -0.25) is 0 Å². The Morgan fingerprint density at radius 3 is 2.85 bits per heavy atom. The first-order chi connectivity index (χ1) is 6.12. The Morgan fingerprint density at radius 2 is 2.38 bits per heavy atom. The molecule has 1 aliphatic rings. The lowest BCUT2D eigenvalue weighted by atomic mass is 9.89. The number of hydrogen-bond donors (Lipinski definition) is 2. The van der Waals surface area contributed by atoms with Gasteiger partial charge in [0.2, 0.25) is 0 Å². The van der Waals surface area contributed by atoms with Crippen molar-refractivity contribution in [3.63, 3.8) is 0 Å². The molecule has 2 N–H and O–H groups in total. The van der Waals surface area contributed by atoms with Crippen LogP contribution in [0.2, 0.25) is 0 Å². The Morgan fingerprint density at radius 1 is 1.69 bits per heavy atom. The van der Waals surface area contributed by atoms with Gasteiger partial charge in [0.1, 0.15) is 0 Å². The second kappa shape index (κ2) is 4.39. The molecule has 0 atom stereocenters. The maximum absolute atomic E-state index is 10.1. The van der Waals surface area contributed by atoms with Gasteiger partial charge in [0.25, 0.3) is 0 Å². The molecule has 1 aliphatic heterocycles. The van der Waals surface area contributed by atoms with E-state index in [0.717, 1.165) is 25.8 Å². The van der Waals surface area contributed by atoms with E-state index < -0.39 is 5.97 Å². The molecule has 4 heteroatoms. The Balaban J connectivity index is 2.04. The highest BCUT2D eigenvalue weighted by Gasteiger charge is 2.32. The molecule has 1 fully saturated rings. The molecule has 0 spiro atoms. The molecule has 0 radical (unpaired) electrons. The molecule has 0 aromatic rings. The van der Waals surface area contributed by atoms with E-state index in [2.05, 4.69) is 12.2 Å². The molecular weight excluding hydrogens is 170 g/mol. The van der Waals surface area contributed by atoms with Gasteiger partial charge in [-0.05, 0) is 0 Å². The smallest absolute Gasteiger partial charge is 0.328 e. The normalized spacial score (nSPS) is 20.1. The van der Waals surface area contributed by atoms with Crippen LogP contribution in [0, 0.1) is 5.41 Å². The summed E-state index contributed by atoms with van der Waals surface area (Å²) >= 11 is 0. The van der Waals surface area contributed by atoms with E-state index >= 15 is 0 Å². The zero-order chi connectivity index (χ0) is 9.73. The largest absolute Gasteiger partial charge is 0.478 e. The predicted octanol–water partition coefficient (Wildman–Crippen LogP) is 0.253. The maximum Gasteiger partial charge on any atom is 0.328 e. The second-order valence-corrected chi connectivity index (χ2v) is 3.67. The molecule has 0 bridgehead atoms. The van der Waals surface area contributed by atoms with Crippen LogP contribution >= 0.6 is 0 Å². The molecule has 0 aromatic carbocycles. The van der Waals surface area contributed by atoms with Crippen LogP contribution in [0.4, 0.5) is 0 Å². The standard InChI is InChI=1S/C9H15NO3/c1-9(6-13-7-9)5-10-4-2-3-8(11)12/h2-3,10H,4-7H2,1H3,(H,11,12)/b3-2+. The highest BCUT2D eigenvalue weighted by atomic mass is 16.5. The number of hydrogen-bond acceptors (Lipinski definition) is 3. The van der Waals surface area contributed by atoms with Crippen molar-refractivity contribution in [1.29, 1.82) is 0 Å². The van der Waals surface area contributed by atoms with E-state index in [1.165, 1.54) is 0 Å². The van der Waals surface area contributed by atoms with Crippen LogP contribution in [-0.2, 0) is 9.53 Å². The van der Waals surface area contributed by atoms with Gasteiger partial charge in [0.15, 0.2) is 0 Å². The molecule has 0 unspecified atom stereocenters. The summed E-state index contributed by atoms with van der Waals surface area (Å²) in [6, 6.07) is 0. The van der Waals surface area contributed by atoms with Gasteiger partial charge in [-0.15, -0.1) is 0 Å². The van der Waals surface area contributed by atoms with Crippen LogP contribution in [0.15, 0.2) is 12.2 Å². The Bertz CT molecular complexity index is 209. The molecule has 4 nitrogen and oxygen atoms in total. The van der Waals surface area contributed by atoms with Crippen LogP contribution < -0.4 is 5.32 Å². The summed E-state index contributed by atoms with van der Waals surface area (Å²) in [7, 11) is 0. The van der Waals surface area contributed by atoms with E-state index in [0.29, 0.717) is 6.54 Å². The summed E-state index contributed by atoms with van der Waals surface area (Å²) in [5.41, 5.74) is 0.247. The number of carbonyl (C=O) groups is 1. The SMILES string of the molecule is CC1(CNC/C=C/C(=O)O)COC1. The molecule has 0 saturated carbocycles. The first-order valence-electron chi connectivity index (χ1n) is 4.30. The number of nitrogens with one attached hydrogen (secondary N) is 1. The van der Waals surface area contributed by atoms with Crippen molar-refractivity contribution in [2.75, 3.05) is 26.3 Å². The molecule has 0 amide bonds. The van der Waals surface area contributed by atoms with Crippen molar-refractivity contribution < 1.29 is 14.6 Å². The molecule has 1 saturated heterocycles. The quantitative estimate of drug-likeness (QED) is 0.476. The molecule has 1 rings (SSSR count). The van der Waals surface area contributed by atoms with E-state index in [1.807, 2.05) is 0 Å². The summed E-state index contributed by atoms with van der Waals surface area (Å²) in [6.07, 6.45) is 2.75. The zero-order valence-electron chi connectivity index (χ0n) is 7.75. The lowest BCUT2D eigenvalue weighted by Crippen LogP contribution is -2.47. The molecule has 1 heterocycles. The topological polar surface area (TPSA) is 58.6 Å². The molecule has 0 aliphatic carbocycles. The van der Waals surface area contributed by atoms with Gasteiger partial charge in [0, 0.05) is 24.6 Å². The fourth-order valence-electron chi connectivity index (χ4n) is 1.17. The molecule has 74 valence electrons. The number of rotatable bonds is 5. The summed E-state index contributed by atoms with van der Waals surface area (Å²) in [5, 5.41) is 11.4. The van der Waals surface area contributed by atoms with E-state index in [-0.39, 0.29) is 5.41 Å².